The van der Waals surface area contributed by atoms with Crippen molar-refractivity contribution in [2.45, 2.75) is 18.6 Å². The van der Waals surface area contributed by atoms with E-state index in [9.17, 15) is 22.0 Å². The van der Waals surface area contributed by atoms with Gasteiger partial charge in [-0.15, -0.1) is 0 Å². The van der Waals surface area contributed by atoms with E-state index in [0.29, 0.717) is 0 Å². The van der Waals surface area contributed by atoms with E-state index in [1.54, 1.807) is 0 Å². The molecule has 0 amide bonds. The maximum atomic E-state index is 13.6. The first-order valence-electron chi connectivity index (χ1n) is 5.19. The highest BCUT2D eigenvalue weighted by molar-refractivity contribution is 6.30. The van der Waals surface area contributed by atoms with E-state index >= 15 is 0 Å². The topological polar surface area (TPSA) is 26.0 Å². The van der Waals surface area contributed by atoms with Crippen molar-refractivity contribution in [2.75, 3.05) is 0 Å². The van der Waals surface area contributed by atoms with Gasteiger partial charge in [0.05, 0.1) is 5.92 Å². The lowest BCUT2D eigenvalue weighted by Crippen LogP contribution is -2.20. The molecule has 1 nitrogen and oxygen atoms in total. The molecule has 0 aromatic heterocycles. The van der Waals surface area contributed by atoms with Crippen LogP contribution in [-0.4, -0.2) is 6.18 Å². The second-order valence-corrected chi connectivity index (χ2v) is 4.72. The van der Waals surface area contributed by atoms with E-state index in [-0.39, 0.29) is 12.0 Å². The van der Waals surface area contributed by atoms with Gasteiger partial charge in [-0.05, 0) is 18.4 Å². The first kappa shape index (κ1) is 13.5. The minimum Gasteiger partial charge on any atom is -0.324 e. The lowest BCUT2D eigenvalue weighted by molar-refractivity contribution is -0.151. The molecular formula is C11H9ClF5N. The van der Waals surface area contributed by atoms with Crippen LogP contribution in [0.15, 0.2) is 12.1 Å². The predicted molar refractivity (Wildman–Crippen MR) is 55.9 cm³/mol. The number of halogens is 6. The molecule has 18 heavy (non-hydrogen) atoms. The highest BCUT2D eigenvalue weighted by atomic mass is 35.5. The fourth-order valence-corrected chi connectivity index (χ4v) is 2.19. The van der Waals surface area contributed by atoms with E-state index in [1.807, 2.05) is 0 Å². The normalized spacial score (nSPS) is 25.1. The summed E-state index contributed by atoms with van der Waals surface area (Å²) < 4.78 is 63.6. The van der Waals surface area contributed by atoms with Crippen molar-refractivity contribution >= 4 is 11.6 Å². The third-order valence-electron chi connectivity index (χ3n) is 3.15. The maximum absolute atomic E-state index is 13.6. The molecule has 1 aromatic carbocycles. The molecular weight excluding hydrogens is 277 g/mol. The van der Waals surface area contributed by atoms with Crippen LogP contribution >= 0.6 is 11.6 Å². The van der Waals surface area contributed by atoms with Crippen LogP contribution in [0.1, 0.15) is 18.0 Å². The Hall–Kier alpha value is -0.880. The molecule has 1 aliphatic carbocycles. The van der Waals surface area contributed by atoms with Crippen molar-refractivity contribution in [1.29, 1.82) is 0 Å². The summed E-state index contributed by atoms with van der Waals surface area (Å²) in [4.78, 5) is 0. The van der Waals surface area contributed by atoms with Gasteiger partial charge in [0.1, 0.15) is 16.7 Å². The summed E-state index contributed by atoms with van der Waals surface area (Å²) in [7, 11) is 0. The van der Waals surface area contributed by atoms with Crippen LogP contribution in [0.3, 0.4) is 0 Å². The van der Waals surface area contributed by atoms with Gasteiger partial charge >= 0.3 is 6.18 Å². The van der Waals surface area contributed by atoms with Crippen molar-refractivity contribution in [1.82, 2.24) is 0 Å². The molecule has 2 N–H and O–H groups in total. The number of hydrogen-bond acceptors (Lipinski definition) is 1. The minimum atomic E-state index is -4.33. The van der Waals surface area contributed by atoms with Crippen LogP contribution in [0, 0.1) is 23.5 Å². The van der Waals surface area contributed by atoms with Gasteiger partial charge < -0.3 is 5.73 Å². The third-order valence-corrected chi connectivity index (χ3v) is 3.49. The number of hydrogen-bond donors (Lipinski definition) is 1. The van der Waals surface area contributed by atoms with Gasteiger partial charge in [0.15, 0.2) is 0 Å². The second kappa shape index (κ2) is 4.35. The number of nitrogens with two attached hydrogens (primary N) is 1. The molecule has 0 unspecified atom stereocenters. The summed E-state index contributed by atoms with van der Waals surface area (Å²) in [5.41, 5.74) is 5.40. The average molecular weight is 286 g/mol. The first-order valence-corrected chi connectivity index (χ1v) is 5.57. The van der Waals surface area contributed by atoms with Crippen LogP contribution in [0.2, 0.25) is 5.02 Å². The smallest absolute Gasteiger partial charge is 0.324 e. The summed E-state index contributed by atoms with van der Waals surface area (Å²) in [5, 5.41) is -0.743. The summed E-state index contributed by atoms with van der Waals surface area (Å²) in [6, 6.07) is 0.799. The van der Waals surface area contributed by atoms with E-state index in [2.05, 4.69) is 0 Å². The maximum Gasteiger partial charge on any atom is 0.392 e. The lowest BCUT2D eigenvalue weighted by Gasteiger charge is -2.14. The molecule has 0 saturated heterocycles. The molecule has 7 heteroatoms. The largest absolute Gasteiger partial charge is 0.392 e. The van der Waals surface area contributed by atoms with Gasteiger partial charge in [0, 0.05) is 11.6 Å². The molecule has 0 heterocycles. The molecule has 1 fully saturated rings. The number of rotatable bonds is 2. The highest BCUT2D eigenvalue weighted by Gasteiger charge is 2.58. The molecule has 0 radical (unpaired) electrons. The third kappa shape index (κ3) is 2.31. The number of alkyl halides is 3. The van der Waals surface area contributed by atoms with Gasteiger partial charge in [-0.2, -0.15) is 13.2 Å². The molecule has 3 atom stereocenters. The zero-order chi connectivity index (χ0) is 13.7. The SMILES string of the molecule is N[C@H](c1ccc(F)c(Cl)c1F)[C@@H]1C[C@H]1C(F)(F)F. The Kier molecular flexibility index (Phi) is 3.27. The molecule has 0 aliphatic heterocycles. The quantitative estimate of drug-likeness (QED) is 0.649. The van der Waals surface area contributed by atoms with E-state index < -0.39 is 40.7 Å². The second-order valence-electron chi connectivity index (χ2n) is 4.34. The van der Waals surface area contributed by atoms with Crippen LogP contribution < -0.4 is 5.73 Å². The number of benzene rings is 1. The van der Waals surface area contributed by atoms with Crippen LogP contribution in [0.5, 0.6) is 0 Å². The van der Waals surface area contributed by atoms with Crippen molar-refractivity contribution in [3.63, 3.8) is 0 Å². The molecule has 1 aliphatic rings. The Morgan fingerprint density at radius 2 is 1.89 bits per heavy atom. The van der Waals surface area contributed by atoms with Crippen LogP contribution in [0.25, 0.3) is 0 Å². The Bertz CT molecular complexity index is 473. The van der Waals surface area contributed by atoms with Crippen LogP contribution in [-0.2, 0) is 0 Å². The molecule has 100 valence electrons. The van der Waals surface area contributed by atoms with Crippen molar-refractivity contribution in [2.24, 2.45) is 17.6 Å². The Morgan fingerprint density at radius 3 is 2.39 bits per heavy atom. The summed E-state index contributed by atoms with van der Waals surface area (Å²) in [5.74, 6) is -4.44. The minimum absolute atomic E-state index is 0.140. The van der Waals surface area contributed by atoms with E-state index in [4.69, 9.17) is 17.3 Å². The summed E-state index contributed by atoms with van der Waals surface area (Å²) in [6.45, 7) is 0. The summed E-state index contributed by atoms with van der Waals surface area (Å²) in [6.07, 6.45) is -4.47. The zero-order valence-electron chi connectivity index (χ0n) is 8.94. The zero-order valence-corrected chi connectivity index (χ0v) is 9.69. The van der Waals surface area contributed by atoms with Crippen molar-refractivity contribution in [3.8, 4) is 0 Å². The van der Waals surface area contributed by atoms with Gasteiger partial charge in [0.2, 0.25) is 0 Å². The fraction of sp³-hybridized carbons (Fsp3) is 0.455. The predicted octanol–water partition coefficient (Wildman–Crippen LogP) is 3.82. The van der Waals surface area contributed by atoms with E-state index in [0.717, 1.165) is 12.1 Å². The molecule has 0 bridgehead atoms. The lowest BCUT2D eigenvalue weighted by atomic mass is 10.0. The average Bonchev–Trinajstić information content (AvgIpc) is 3.04. The van der Waals surface area contributed by atoms with Gasteiger partial charge in [-0.3, -0.25) is 0 Å². The van der Waals surface area contributed by atoms with Crippen LogP contribution in [0.4, 0.5) is 22.0 Å². The fourth-order valence-electron chi connectivity index (χ4n) is 2.02. The molecule has 2 rings (SSSR count). The monoisotopic (exact) mass is 285 g/mol. The molecule has 1 aromatic rings. The Labute approximate surface area is 105 Å². The van der Waals surface area contributed by atoms with Gasteiger partial charge in [-0.1, -0.05) is 17.7 Å². The van der Waals surface area contributed by atoms with Crippen molar-refractivity contribution in [3.05, 3.63) is 34.4 Å². The van der Waals surface area contributed by atoms with Gasteiger partial charge in [-0.25, -0.2) is 8.78 Å². The standard InChI is InChI=1S/C11H9ClF5N/c12-8-7(13)2-1-4(9(8)14)10(18)5-3-6(5)11(15,16)17/h1-2,5-6,10H,3,18H2/t5-,6-,10-/m1/s1. The van der Waals surface area contributed by atoms with Crippen molar-refractivity contribution < 1.29 is 22.0 Å². The highest BCUT2D eigenvalue weighted by Crippen LogP contribution is 2.55. The van der Waals surface area contributed by atoms with Gasteiger partial charge in [0.25, 0.3) is 0 Å². The van der Waals surface area contributed by atoms with E-state index in [1.165, 1.54) is 0 Å². The Morgan fingerprint density at radius 1 is 1.28 bits per heavy atom. The molecule has 0 spiro atoms. The first-order chi connectivity index (χ1) is 8.23. The summed E-state index contributed by atoms with van der Waals surface area (Å²) >= 11 is 5.35. The Balaban J connectivity index is 2.22. The molecule has 1 saturated carbocycles.